The molecule has 2 rings (SSSR count). The zero-order chi connectivity index (χ0) is 12.8. The summed E-state index contributed by atoms with van der Waals surface area (Å²) < 4.78 is 0. The minimum atomic E-state index is 0.202. The predicted octanol–water partition coefficient (Wildman–Crippen LogP) is 1.99. The van der Waals surface area contributed by atoms with Crippen LogP contribution in [0.15, 0.2) is 30.3 Å². The molecule has 1 unspecified atom stereocenters. The van der Waals surface area contributed by atoms with Crippen LogP contribution in [0.2, 0.25) is 0 Å². The summed E-state index contributed by atoms with van der Waals surface area (Å²) in [6, 6.07) is 10.5. The van der Waals surface area contributed by atoms with E-state index in [4.69, 9.17) is 5.11 Å². The summed E-state index contributed by atoms with van der Waals surface area (Å²) in [6.07, 6.45) is 4.21. The van der Waals surface area contributed by atoms with Gasteiger partial charge in [-0.1, -0.05) is 30.3 Å². The smallest absolute Gasteiger partial charge is 0.222 e. The normalized spacial score (nSPS) is 17.2. The number of hydrogen-bond donors (Lipinski definition) is 1. The van der Waals surface area contributed by atoms with Crippen LogP contribution in [0.4, 0.5) is 0 Å². The van der Waals surface area contributed by atoms with Crippen LogP contribution in [0.5, 0.6) is 0 Å². The quantitative estimate of drug-likeness (QED) is 0.835. The van der Waals surface area contributed by atoms with E-state index in [1.165, 1.54) is 5.56 Å². The second kappa shape index (κ2) is 6.55. The van der Waals surface area contributed by atoms with Gasteiger partial charge in [0.1, 0.15) is 0 Å². The highest BCUT2D eigenvalue weighted by Gasteiger charge is 2.27. The Hall–Kier alpha value is -1.35. The zero-order valence-electron chi connectivity index (χ0n) is 10.7. The van der Waals surface area contributed by atoms with Crippen molar-refractivity contribution in [2.24, 2.45) is 0 Å². The van der Waals surface area contributed by atoms with Crippen LogP contribution in [0, 0.1) is 0 Å². The first-order chi connectivity index (χ1) is 8.81. The highest BCUT2D eigenvalue weighted by atomic mass is 16.3. The van der Waals surface area contributed by atoms with Crippen molar-refractivity contribution in [2.75, 3.05) is 13.2 Å². The Labute approximate surface area is 108 Å². The van der Waals surface area contributed by atoms with E-state index in [0.29, 0.717) is 6.42 Å². The number of likely N-dealkylation sites (tertiary alicyclic amines) is 1. The lowest BCUT2D eigenvalue weighted by atomic mass is 10.0. The maximum absolute atomic E-state index is 11.8. The molecule has 0 bridgehead atoms. The highest BCUT2D eigenvalue weighted by Crippen LogP contribution is 2.20. The fourth-order valence-corrected chi connectivity index (χ4v) is 2.64. The molecule has 1 aliphatic heterocycles. The van der Waals surface area contributed by atoms with Gasteiger partial charge >= 0.3 is 0 Å². The Morgan fingerprint density at radius 3 is 2.67 bits per heavy atom. The molecule has 0 spiro atoms. The van der Waals surface area contributed by atoms with Gasteiger partial charge in [-0.3, -0.25) is 4.79 Å². The second-order valence-corrected chi connectivity index (χ2v) is 4.90. The van der Waals surface area contributed by atoms with Gasteiger partial charge in [0, 0.05) is 25.6 Å². The lowest BCUT2D eigenvalue weighted by molar-refractivity contribution is -0.129. The van der Waals surface area contributed by atoms with Gasteiger partial charge < -0.3 is 10.0 Å². The molecule has 1 saturated heterocycles. The lowest BCUT2D eigenvalue weighted by Crippen LogP contribution is -2.37. The van der Waals surface area contributed by atoms with Crippen molar-refractivity contribution in [3.05, 3.63) is 35.9 Å². The summed E-state index contributed by atoms with van der Waals surface area (Å²) in [5, 5.41) is 8.99. The average molecular weight is 247 g/mol. The first kappa shape index (κ1) is 13.1. The summed E-state index contributed by atoms with van der Waals surface area (Å²) in [4.78, 5) is 13.8. The largest absolute Gasteiger partial charge is 0.396 e. The number of hydrogen-bond acceptors (Lipinski definition) is 2. The number of amides is 1. The lowest BCUT2D eigenvalue weighted by Gasteiger charge is -2.28. The summed E-state index contributed by atoms with van der Waals surface area (Å²) in [7, 11) is 0. The molecular weight excluding hydrogens is 226 g/mol. The molecule has 3 heteroatoms. The Balaban J connectivity index is 2.02. The number of rotatable bonds is 6. The molecule has 0 radical (unpaired) electrons. The third-order valence-corrected chi connectivity index (χ3v) is 3.56. The van der Waals surface area contributed by atoms with E-state index in [0.717, 1.165) is 32.2 Å². The van der Waals surface area contributed by atoms with Gasteiger partial charge in [-0.2, -0.15) is 0 Å². The molecule has 0 aliphatic carbocycles. The van der Waals surface area contributed by atoms with Crippen molar-refractivity contribution in [2.45, 2.75) is 38.1 Å². The van der Waals surface area contributed by atoms with E-state index in [1.54, 1.807) is 0 Å². The minimum absolute atomic E-state index is 0.202. The molecular formula is C15H21NO2. The van der Waals surface area contributed by atoms with Crippen LogP contribution in [0.3, 0.4) is 0 Å². The summed E-state index contributed by atoms with van der Waals surface area (Å²) >= 11 is 0. The molecule has 1 aromatic rings. The van der Waals surface area contributed by atoms with E-state index in [9.17, 15) is 4.79 Å². The van der Waals surface area contributed by atoms with E-state index in [-0.39, 0.29) is 18.6 Å². The number of benzene rings is 1. The third-order valence-electron chi connectivity index (χ3n) is 3.56. The van der Waals surface area contributed by atoms with E-state index >= 15 is 0 Å². The summed E-state index contributed by atoms with van der Waals surface area (Å²) in [6.45, 7) is 1.08. The van der Waals surface area contributed by atoms with Crippen molar-refractivity contribution in [1.82, 2.24) is 4.90 Å². The maximum Gasteiger partial charge on any atom is 0.222 e. The zero-order valence-corrected chi connectivity index (χ0v) is 10.7. The molecule has 1 amide bonds. The second-order valence-electron chi connectivity index (χ2n) is 4.90. The number of aliphatic hydroxyl groups is 1. The van der Waals surface area contributed by atoms with Crippen molar-refractivity contribution in [3.63, 3.8) is 0 Å². The van der Waals surface area contributed by atoms with Crippen molar-refractivity contribution in [1.29, 1.82) is 0 Å². The van der Waals surface area contributed by atoms with Crippen molar-refractivity contribution < 1.29 is 9.90 Å². The standard InChI is InChI=1S/C15H21NO2/c17-11-5-8-14(16-10-4-9-15(16)18)12-13-6-2-1-3-7-13/h1-3,6-7,14,17H,4-5,8-12H2. The Kier molecular flexibility index (Phi) is 4.76. The predicted molar refractivity (Wildman–Crippen MR) is 71.2 cm³/mol. The van der Waals surface area contributed by atoms with Crippen LogP contribution >= 0.6 is 0 Å². The van der Waals surface area contributed by atoms with Gasteiger partial charge in [0.25, 0.3) is 0 Å². The summed E-state index contributed by atoms with van der Waals surface area (Å²) in [5.74, 6) is 0.272. The molecule has 1 heterocycles. The van der Waals surface area contributed by atoms with Gasteiger partial charge in [0.2, 0.25) is 5.91 Å². The SMILES string of the molecule is O=C1CCCN1C(CCCO)Cc1ccccc1. The third kappa shape index (κ3) is 3.33. The summed E-state index contributed by atoms with van der Waals surface area (Å²) in [5.41, 5.74) is 1.26. The number of carbonyl (C=O) groups is 1. The van der Waals surface area contributed by atoms with Crippen molar-refractivity contribution >= 4 is 5.91 Å². The first-order valence-electron chi connectivity index (χ1n) is 6.75. The van der Waals surface area contributed by atoms with Crippen LogP contribution in [0.25, 0.3) is 0 Å². The average Bonchev–Trinajstić information content (AvgIpc) is 2.82. The fourth-order valence-electron chi connectivity index (χ4n) is 2.64. The maximum atomic E-state index is 11.8. The Bertz CT molecular complexity index is 377. The molecule has 98 valence electrons. The van der Waals surface area contributed by atoms with Crippen LogP contribution in [-0.2, 0) is 11.2 Å². The van der Waals surface area contributed by atoms with Gasteiger partial charge in [-0.25, -0.2) is 0 Å². The highest BCUT2D eigenvalue weighted by molar-refractivity contribution is 5.78. The molecule has 1 aliphatic rings. The van der Waals surface area contributed by atoms with Crippen molar-refractivity contribution in [3.8, 4) is 0 Å². The molecule has 18 heavy (non-hydrogen) atoms. The van der Waals surface area contributed by atoms with Crippen LogP contribution in [0.1, 0.15) is 31.2 Å². The first-order valence-corrected chi connectivity index (χ1v) is 6.75. The van der Waals surface area contributed by atoms with Gasteiger partial charge in [-0.15, -0.1) is 0 Å². The van der Waals surface area contributed by atoms with E-state index in [2.05, 4.69) is 12.1 Å². The van der Waals surface area contributed by atoms with E-state index in [1.807, 2.05) is 23.1 Å². The minimum Gasteiger partial charge on any atom is -0.396 e. The molecule has 3 nitrogen and oxygen atoms in total. The monoisotopic (exact) mass is 247 g/mol. The Morgan fingerprint density at radius 1 is 1.28 bits per heavy atom. The van der Waals surface area contributed by atoms with E-state index < -0.39 is 0 Å². The molecule has 0 aromatic heterocycles. The van der Waals surface area contributed by atoms with Gasteiger partial charge in [-0.05, 0) is 31.2 Å². The number of nitrogens with zero attached hydrogens (tertiary/aromatic N) is 1. The van der Waals surface area contributed by atoms with Gasteiger partial charge in [0.15, 0.2) is 0 Å². The van der Waals surface area contributed by atoms with Crippen LogP contribution in [-0.4, -0.2) is 35.1 Å². The topological polar surface area (TPSA) is 40.5 Å². The molecule has 0 saturated carbocycles. The Morgan fingerprint density at radius 2 is 2.06 bits per heavy atom. The molecule has 1 atom stereocenters. The number of carbonyl (C=O) groups excluding carboxylic acids is 1. The fraction of sp³-hybridized carbons (Fsp3) is 0.533. The van der Waals surface area contributed by atoms with Crippen LogP contribution < -0.4 is 0 Å². The number of aliphatic hydroxyl groups excluding tert-OH is 1. The molecule has 1 aromatic carbocycles. The van der Waals surface area contributed by atoms with Gasteiger partial charge in [0.05, 0.1) is 0 Å². The molecule has 1 fully saturated rings. The molecule has 1 N–H and O–H groups in total.